The molecule has 0 aliphatic rings. The van der Waals surface area contributed by atoms with Crippen molar-refractivity contribution in [3.05, 3.63) is 64.2 Å². The molecule has 0 saturated heterocycles. The monoisotopic (exact) mass is 420 g/mol. The average Bonchev–Trinajstić information content (AvgIpc) is 3.13. The highest BCUT2D eigenvalue weighted by Crippen LogP contribution is 2.42. The molecule has 6 nitrogen and oxygen atoms in total. The molecule has 0 bridgehead atoms. The van der Waals surface area contributed by atoms with Gasteiger partial charge >= 0.3 is 6.36 Å². The van der Waals surface area contributed by atoms with Gasteiger partial charge in [0.05, 0.1) is 18.8 Å². The van der Waals surface area contributed by atoms with Crippen LogP contribution >= 0.6 is 0 Å². The highest BCUT2D eigenvalue weighted by atomic mass is 19.4. The largest absolute Gasteiger partial charge is 0.573 e. The minimum absolute atomic E-state index is 0.121. The number of halogens is 3. The van der Waals surface area contributed by atoms with Crippen LogP contribution in [0.4, 0.5) is 13.2 Å². The second kappa shape index (κ2) is 7.33. The second-order valence-corrected chi connectivity index (χ2v) is 6.44. The first-order valence-corrected chi connectivity index (χ1v) is 8.76. The molecule has 156 valence electrons. The zero-order valence-corrected chi connectivity index (χ0v) is 15.8. The third kappa shape index (κ3) is 3.66. The molecule has 2 aromatic carbocycles. The van der Waals surface area contributed by atoms with Gasteiger partial charge in [0.2, 0.25) is 5.75 Å². The zero-order valence-electron chi connectivity index (χ0n) is 15.8. The summed E-state index contributed by atoms with van der Waals surface area (Å²) < 4.78 is 63.8. The molecule has 4 aromatic rings. The van der Waals surface area contributed by atoms with Crippen LogP contribution in [0.5, 0.6) is 17.2 Å². The van der Waals surface area contributed by atoms with Crippen molar-refractivity contribution in [3.8, 4) is 17.2 Å². The van der Waals surface area contributed by atoms with Crippen molar-refractivity contribution in [2.24, 2.45) is 0 Å². The lowest BCUT2D eigenvalue weighted by molar-refractivity contribution is -0.274. The molecule has 0 saturated carbocycles. The summed E-state index contributed by atoms with van der Waals surface area (Å²) in [5.41, 5.74) is 0.546. The SMILES string of the molecule is COc1c2occc2c(OCc2cccc(OC(F)(F)F)c2)c2c(=O)cc(C)oc12. The molecule has 4 rings (SSSR count). The van der Waals surface area contributed by atoms with Crippen molar-refractivity contribution >= 4 is 21.9 Å². The first-order valence-electron chi connectivity index (χ1n) is 8.76. The van der Waals surface area contributed by atoms with Crippen LogP contribution in [0, 0.1) is 6.92 Å². The fourth-order valence-corrected chi connectivity index (χ4v) is 3.21. The summed E-state index contributed by atoms with van der Waals surface area (Å²) in [5, 5.41) is 0.618. The Kier molecular flexibility index (Phi) is 4.81. The van der Waals surface area contributed by atoms with Gasteiger partial charge in [0, 0.05) is 6.07 Å². The Bertz CT molecular complexity index is 1290. The topological polar surface area (TPSA) is 71.0 Å². The van der Waals surface area contributed by atoms with Gasteiger partial charge in [-0.05, 0) is 30.7 Å². The minimum Gasteiger partial charge on any atom is -0.490 e. The molecule has 30 heavy (non-hydrogen) atoms. The number of rotatable bonds is 5. The third-order valence-electron chi connectivity index (χ3n) is 4.34. The molecule has 0 amide bonds. The summed E-state index contributed by atoms with van der Waals surface area (Å²) in [4.78, 5) is 12.7. The summed E-state index contributed by atoms with van der Waals surface area (Å²) >= 11 is 0. The highest BCUT2D eigenvalue weighted by molar-refractivity contribution is 6.06. The molecule has 0 spiro atoms. The van der Waals surface area contributed by atoms with Crippen molar-refractivity contribution in [2.75, 3.05) is 7.11 Å². The molecule has 0 aliphatic heterocycles. The molecule has 0 atom stereocenters. The van der Waals surface area contributed by atoms with Gasteiger partial charge < -0.3 is 23.0 Å². The molecule has 0 N–H and O–H groups in total. The number of hydrogen-bond acceptors (Lipinski definition) is 6. The van der Waals surface area contributed by atoms with Crippen LogP contribution in [-0.4, -0.2) is 13.5 Å². The molecule has 0 radical (unpaired) electrons. The van der Waals surface area contributed by atoms with Crippen molar-refractivity contribution in [1.82, 2.24) is 0 Å². The van der Waals surface area contributed by atoms with E-state index in [9.17, 15) is 18.0 Å². The zero-order chi connectivity index (χ0) is 21.5. The van der Waals surface area contributed by atoms with Gasteiger partial charge in [0.1, 0.15) is 29.3 Å². The number of furan rings is 1. The maximum atomic E-state index is 12.7. The first kappa shape index (κ1) is 19.7. The predicted molar refractivity (Wildman–Crippen MR) is 101 cm³/mol. The molecular formula is C21H15F3O6. The van der Waals surface area contributed by atoms with Gasteiger partial charge in [0.15, 0.2) is 16.6 Å². The van der Waals surface area contributed by atoms with E-state index in [1.807, 2.05) is 0 Å². The Hall–Kier alpha value is -3.62. The van der Waals surface area contributed by atoms with Gasteiger partial charge in [-0.3, -0.25) is 4.79 Å². The van der Waals surface area contributed by atoms with E-state index >= 15 is 0 Å². The maximum absolute atomic E-state index is 12.7. The lowest BCUT2D eigenvalue weighted by Gasteiger charge is -2.14. The van der Waals surface area contributed by atoms with Crippen LogP contribution in [0.15, 0.2) is 56.3 Å². The summed E-state index contributed by atoms with van der Waals surface area (Å²) in [5.74, 6) is 0.440. The Morgan fingerprint density at radius 3 is 2.60 bits per heavy atom. The molecule has 0 fully saturated rings. The Labute approximate surface area is 167 Å². The number of ether oxygens (including phenoxy) is 3. The normalized spacial score (nSPS) is 11.8. The molecule has 2 heterocycles. The van der Waals surface area contributed by atoms with Crippen LogP contribution in [0.2, 0.25) is 0 Å². The van der Waals surface area contributed by atoms with Gasteiger partial charge in [-0.1, -0.05) is 12.1 Å². The Morgan fingerprint density at radius 2 is 1.87 bits per heavy atom. The number of hydrogen-bond donors (Lipinski definition) is 0. The molecule has 0 unspecified atom stereocenters. The van der Waals surface area contributed by atoms with Crippen molar-refractivity contribution < 1.29 is 36.2 Å². The molecule has 9 heteroatoms. The van der Waals surface area contributed by atoms with E-state index < -0.39 is 6.36 Å². The summed E-state index contributed by atoms with van der Waals surface area (Å²) in [7, 11) is 1.42. The Balaban J connectivity index is 1.79. The molecule has 0 aliphatic carbocycles. The lowest BCUT2D eigenvalue weighted by atomic mass is 10.1. The fourth-order valence-electron chi connectivity index (χ4n) is 3.21. The first-order chi connectivity index (χ1) is 14.3. The van der Waals surface area contributed by atoms with Crippen molar-refractivity contribution in [1.29, 1.82) is 0 Å². The van der Waals surface area contributed by atoms with Crippen molar-refractivity contribution in [3.63, 3.8) is 0 Å². The number of aryl methyl sites for hydroxylation is 1. The van der Waals surface area contributed by atoms with Gasteiger partial charge in [0.25, 0.3) is 0 Å². The van der Waals surface area contributed by atoms with E-state index in [0.29, 0.717) is 22.3 Å². The number of alkyl halides is 3. The van der Waals surface area contributed by atoms with E-state index in [2.05, 4.69) is 4.74 Å². The van der Waals surface area contributed by atoms with E-state index in [-0.39, 0.29) is 40.3 Å². The third-order valence-corrected chi connectivity index (χ3v) is 4.34. The van der Waals surface area contributed by atoms with Crippen LogP contribution in [-0.2, 0) is 6.61 Å². The quantitative estimate of drug-likeness (QED) is 0.434. The maximum Gasteiger partial charge on any atom is 0.573 e. The van der Waals surface area contributed by atoms with Crippen LogP contribution in [0.1, 0.15) is 11.3 Å². The number of benzene rings is 2. The molecule has 2 aromatic heterocycles. The van der Waals surface area contributed by atoms with Crippen LogP contribution in [0.25, 0.3) is 21.9 Å². The average molecular weight is 420 g/mol. The van der Waals surface area contributed by atoms with Gasteiger partial charge in [-0.2, -0.15) is 0 Å². The summed E-state index contributed by atoms with van der Waals surface area (Å²) in [6.45, 7) is 1.50. The van der Waals surface area contributed by atoms with Gasteiger partial charge in [-0.25, -0.2) is 0 Å². The highest BCUT2D eigenvalue weighted by Gasteiger charge is 2.31. The van der Waals surface area contributed by atoms with E-state index in [1.165, 1.54) is 37.6 Å². The Morgan fingerprint density at radius 1 is 1.07 bits per heavy atom. The second-order valence-electron chi connectivity index (χ2n) is 6.44. The van der Waals surface area contributed by atoms with E-state index in [4.69, 9.17) is 18.3 Å². The summed E-state index contributed by atoms with van der Waals surface area (Å²) in [6.07, 6.45) is -3.39. The summed E-state index contributed by atoms with van der Waals surface area (Å²) in [6, 6.07) is 8.31. The van der Waals surface area contributed by atoms with E-state index in [0.717, 1.165) is 0 Å². The van der Waals surface area contributed by atoms with Crippen molar-refractivity contribution in [2.45, 2.75) is 19.9 Å². The fraction of sp³-hybridized carbons (Fsp3) is 0.190. The minimum atomic E-state index is -4.80. The van der Waals surface area contributed by atoms with E-state index in [1.54, 1.807) is 19.1 Å². The number of fused-ring (bicyclic) bond motifs is 2. The standard InChI is InChI=1S/C21H15F3O6/c1-11-8-15(25)16-17(14-6-7-27-18(14)20(26-2)19(16)29-11)28-10-12-4-3-5-13(9-12)30-21(22,23)24/h3-9H,10H2,1-2H3. The van der Waals surface area contributed by atoms with Crippen LogP contribution in [0.3, 0.4) is 0 Å². The predicted octanol–water partition coefficient (Wildman–Crippen LogP) is 5.33. The van der Waals surface area contributed by atoms with Gasteiger partial charge in [-0.15, -0.1) is 13.2 Å². The number of methoxy groups -OCH3 is 1. The smallest absolute Gasteiger partial charge is 0.490 e. The van der Waals surface area contributed by atoms with Crippen LogP contribution < -0.4 is 19.6 Å². The lowest BCUT2D eigenvalue weighted by Crippen LogP contribution is -2.17. The molecular weight excluding hydrogens is 405 g/mol.